The largest absolute Gasteiger partial charge is 0.742 e. The number of fused-ring (bicyclic) bond motifs is 2. The van der Waals surface area contributed by atoms with Gasteiger partial charge in [0.05, 0.1) is 6.21 Å². The number of hydrogen-bond acceptors (Lipinski definition) is 8. The van der Waals surface area contributed by atoms with Crippen LogP contribution in [0.1, 0.15) is 5.76 Å². The first-order valence-electron chi connectivity index (χ1n) is 8.11. The fourth-order valence-electron chi connectivity index (χ4n) is 2.65. The van der Waals surface area contributed by atoms with Gasteiger partial charge in [-0.25, -0.2) is 13.8 Å². The lowest BCUT2D eigenvalue weighted by atomic mass is 10.1. The average molecular weight is 401 g/mol. The van der Waals surface area contributed by atoms with E-state index < -0.39 is 27.2 Å². The maximum Gasteiger partial charge on any atom is 0.284 e. The summed E-state index contributed by atoms with van der Waals surface area (Å²) < 4.78 is 48.6. The Labute approximate surface area is 159 Å². The van der Waals surface area contributed by atoms with E-state index in [-0.39, 0.29) is 12.4 Å². The van der Waals surface area contributed by atoms with Crippen molar-refractivity contribution in [3.05, 3.63) is 54.3 Å². The van der Waals surface area contributed by atoms with Crippen LogP contribution in [-0.4, -0.2) is 37.8 Å². The zero-order valence-corrected chi connectivity index (χ0v) is 15.0. The first-order chi connectivity index (χ1) is 13.4. The SMILES string of the molecule is O=C(N/N=C\c1ccc(S(=O)(=O)[O-])o1)C1COc2cc3ccccc3cc2O1. The lowest BCUT2D eigenvalue weighted by Crippen LogP contribution is -2.42. The molecule has 0 spiro atoms. The summed E-state index contributed by atoms with van der Waals surface area (Å²) in [7, 11) is -4.69. The van der Waals surface area contributed by atoms with Crippen molar-refractivity contribution in [2.24, 2.45) is 5.10 Å². The Balaban J connectivity index is 1.42. The van der Waals surface area contributed by atoms with E-state index in [9.17, 15) is 17.8 Å². The third-order valence-corrected chi connectivity index (χ3v) is 4.69. The number of furan rings is 1. The van der Waals surface area contributed by atoms with Crippen LogP contribution in [0.2, 0.25) is 0 Å². The van der Waals surface area contributed by atoms with E-state index in [0.29, 0.717) is 11.5 Å². The lowest BCUT2D eigenvalue weighted by Gasteiger charge is -2.25. The van der Waals surface area contributed by atoms with Crippen LogP contribution in [0.25, 0.3) is 10.8 Å². The molecule has 10 heteroatoms. The normalized spacial score (nSPS) is 16.4. The van der Waals surface area contributed by atoms with Crippen LogP contribution in [-0.2, 0) is 14.9 Å². The van der Waals surface area contributed by atoms with Crippen molar-refractivity contribution in [1.82, 2.24) is 5.43 Å². The minimum Gasteiger partial charge on any atom is -0.742 e. The molecule has 0 radical (unpaired) electrons. The number of nitrogens with one attached hydrogen (secondary N) is 1. The molecular formula is C18H13N2O7S-. The van der Waals surface area contributed by atoms with Gasteiger partial charge in [-0.05, 0) is 35.0 Å². The van der Waals surface area contributed by atoms with Gasteiger partial charge in [0, 0.05) is 0 Å². The monoisotopic (exact) mass is 401 g/mol. The molecule has 1 N–H and O–H groups in total. The van der Waals surface area contributed by atoms with Gasteiger partial charge in [-0.3, -0.25) is 4.79 Å². The van der Waals surface area contributed by atoms with E-state index in [1.54, 1.807) is 6.07 Å². The molecule has 1 aliphatic heterocycles. The van der Waals surface area contributed by atoms with Gasteiger partial charge in [0.25, 0.3) is 5.91 Å². The number of nitrogens with zero attached hydrogens (tertiary/aromatic N) is 1. The van der Waals surface area contributed by atoms with Crippen molar-refractivity contribution >= 4 is 33.0 Å². The number of carbonyl (C=O) groups is 1. The number of hydrogen-bond donors (Lipinski definition) is 1. The third kappa shape index (κ3) is 3.68. The summed E-state index contributed by atoms with van der Waals surface area (Å²) >= 11 is 0. The standard InChI is InChI=1S/C18H14N2O7S/c21-18(20-19-9-13-5-6-17(26-13)28(22,23)24)16-10-25-14-7-11-3-1-2-4-12(11)8-15(14)27-16/h1-9,16H,10H2,(H,20,21)(H,22,23,24)/p-1/b19-9-. The van der Waals surface area contributed by atoms with E-state index in [1.807, 2.05) is 30.3 Å². The van der Waals surface area contributed by atoms with Crippen molar-refractivity contribution in [1.29, 1.82) is 0 Å². The summed E-state index contributed by atoms with van der Waals surface area (Å²) in [6.45, 7) is 0.00597. The molecule has 0 aliphatic carbocycles. The highest BCUT2D eigenvalue weighted by Gasteiger charge is 2.27. The molecule has 9 nitrogen and oxygen atoms in total. The van der Waals surface area contributed by atoms with Crippen LogP contribution in [0.15, 0.2) is 63.1 Å². The molecule has 144 valence electrons. The van der Waals surface area contributed by atoms with Gasteiger partial charge in [-0.1, -0.05) is 24.3 Å². The molecule has 0 saturated heterocycles. The minimum atomic E-state index is -4.69. The molecule has 4 rings (SSSR count). The molecular weight excluding hydrogens is 388 g/mol. The summed E-state index contributed by atoms with van der Waals surface area (Å²) in [4.78, 5) is 12.2. The van der Waals surface area contributed by atoms with Crippen molar-refractivity contribution < 1.29 is 31.7 Å². The topological polar surface area (TPSA) is 130 Å². The predicted octanol–water partition coefficient (Wildman–Crippen LogP) is 1.63. The van der Waals surface area contributed by atoms with Gasteiger partial charge in [0.1, 0.15) is 12.4 Å². The Morgan fingerprint density at radius 2 is 1.86 bits per heavy atom. The molecule has 1 amide bonds. The highest BCUT2D eigenvalue weighted by atomic mass is 32.2. The molecule has 0 fully saturated rings. The summed E-state index contributed by atoms with van der Waals surface area (Å²) in [5, 5.41) is 4.88. The number of hydrazone groups is 1. The van der Waals surface area contributed by atoms with Gasteiger partial charge < -0.3 is 18.4 Å². The highest BCUT2D eigenvalue weighted by Crippen LogP contribution is 2.35. The van der Waals surface area contributed by atoms with E-state index in [0.717, 1.165) is 23.1 Å². The van der Waals surface area contributed by atoms with E-state index in [2.05, 4.69) is 10.5 Å². The summed E-state index contributed by atoms with van der Waals surface area (Å²) in [5.74, 6) is 0.434. The Kier molecular flexibility index (Phi) is 4.49. The summed E-state index contributed by atoms with van der Waals surface area (Å²) in [5.41, 5.74) is 2.25. The van der Waals surface area contributed by atoms with Gasteiger partial charge in [-0.15, -0.1) is 0 Å². The summed E-state index contributed by atoms with van der Waals surface area (Å²) in [6, 6.07) is 13.6. The van der Waals surface area contributed by atoms with Crippen molar-refractivity contribution in [3.8, 4) is 11.5 Å². The Morgan fingerprint density at radius 1 is 1.14 bits per heavy atom. The molecule has 0 bridgehead atoms. The zero-order valence-electron chi connectivity index (χ0n) is 14.2. The van der Waals surface area contributed by atoms with Crippen LogP contribution in [0.4, 0.5) is 0 Å². The Bertz CT molecular complexity index is 1180. The van der Waals surface area contributed by atoms with Crippen molar-refractivity contribution in [2.45, 2.75) is 11.2 Å². The molecule has 1 unspecified atom stereocenters. The maximum absolute atomic E-state index is 12.2. The number of carbonyl (C=O) groups excluding carboxylic acids is 1. The summed E-state index contributed by atoms with van der Waals surface area (Å²) in [6.07, 6.45) is 0.151. The van der Waals surface area contributed by atoms with Gasteiger partial charge in [0.2, 0.25) is 11.2 Å². The number of benzene rings is 2. The van der Waals surface area contributed by atoms with Gasteiger partial charge in [-0.2, -0.15) is 5.10 Å². The van der Waals surface area contributed by atoms with Crippen molar-refractivity contribution in [3.63, 3.8) is 0 Å². The first-order valence-corrected chi connectivity index (χ1v) is 9.52. The molecule has 0 saturated carbocycles. The van der Waals surface area contributed by atoms with Gasteiger partial charge >= 0.3 is 0 Å². The van der Waals surface area contributed by atoms with Crippen molar-refractivity contribution in [2.75, 3.05) is 6.61 Å². The predicted molar refractivity (Wildman–Crippen MR) is 96.3 cm³/mol. The second kappa shape index (κ2) is 6.98. The van der Waals surface area contributed by atoms with Crippen LogP contribution in [0.5, 0.6) is 11.5 Å². The highest BCUT2D eigenvalue weighted by molar-refractivity contribution is 7.85. The number of rotatable bonds is 4. The molecule has 2 aromatic carbocycles. The quantitative estimate of drug-likeness (QED) is 0.399. The molecule has 1 aromatic heterocycles. The second-order valence-electron chi connectivity index (χ2n) is 5.91. The lowest BCUT2D eigenvalue weighted by molar-refractivity contribution is -0.130. The van der Waals surface area contributed by atoms with E-state index in [4.69, 9.17) is 13.9 Å². The molecule has 1 atom stereocenters. The maximum atomic E-state index is 12.2. The molecule has 2 heterocycles. The zero-order chi connectivity index (χ0) is 19.7. The minimum absolute atomic E-state index is 0.00597. The van der Waals surface area contributed by atoms with Crippen LogP contribution in [0, 0.1) is 0 Å². The molecule has 3 aromatic rings. The second-order valence-corrected chi connectivity index (χ2v) is 7.22. The number of ether oxygens (including phenoxy) is 2. The van der Waals surface area contributed by atoms with E-state index in [1.165, 1.54) is 6.07 Å². The fraction of sp³-hybridized carbons (Fsp3) is 0.111. The molecule has 28 heavy (non-hydrogen) atoms. The molecule has 1 aliphatic rings. The Morgan fingerprint density at radius 3 is 2.54 bits per heavy atom. The average Bonchev–Trinajstić information content (AvgIpc) is 3.15. The smallest absolute Gasteiger partial charge is 0.284 e. The number of amides is 1. The van der Waals surface area contributed by atoms with Gasteiger partial charge in [0.15, 0.2) is 21.6 Å². The fourth-order valence-corrected chi connectivity index (χ4v) is 3.09. The third-order valence-electron chi connectivity index (χ3n) is 3.98. The van der Waals surface area contributed by atoms with Crippen LogP contribution < -0.4 is 14.9 Å². The van der Waals surface area contributed by atoms with Crippen LogP contribution >= 0.6 is 0 Å². The van der Waals surface area contributed by atoms with E-state index >= 15 is 0 Å². The first kappa shape index (κ1) is 18.0. The Hall–Kier alpha value is -3.37. The van der Waals surface area contributed by atoms with Crippen LogP contribution in [0.3, 0.4) is 0 Å².